The molecule has 0 saturated heterocycles. The molecule has 0 saturated carbocycles. The molecule has 0 aromatic heterocycles. The number of likely N-dealkylation sites (N-methyl/N-ethyl adjacent to an activating group) is 1. The molecule has 102 valence electrons. The fraction of sp³-hybridized carbons (Fsp3) is 0.714. The Morgan fingerprint density at radius 3 is 2.67 bits per heavy atom. The van der Waals surface area contributed by atoms with Crippen molar-refractivity contribution in [3.8, 4) is 0 Å². The van der Waals surface area contributed by atoms with Gasteiger partial charge >= 0.3 is 5.97 Å². The number of ether oxygens (including phenoxy) is 1. The Morgan fingerprint density at radius 1 is 1.33 bits per heavy atom. The topological polar surface area (TPSA) is 46.6 Å². The molecule has 0 unspecified atom stereocenters. The van der Waals surface area contributed by atoms with Crippen molar-refractivity contribution in [2.75, 3.05) is 19.7 Å². The van der Waals surface area contributed by atoms with Crippen LogP contribution >= 0.6 is 0 Å². The van der Waals surface area contributed by atoms with Crippen LogP contribution in [0.2, 0.25) is 0 Å². The molecular weight excluding hydrogens is 230 g/mol. The molecule has 0 N–H and O–H groups in total. The Hall–Kier alpha value is -1.32. The third-order valence-corrected chi connectivity index (χ3v) is 3.12. The maximum atomic E-state index is 12.1. The van der Waals surface area contributed by atoms with Gasteiger partial charge in [0.15, 0.2) is 0 Å². The van der Waals surface area contributed by atoms with Crippen LogP contribution in [0.25, 0.3) is 0 Å². The Bertz CT molecular complexity index is 323. The third kappa shape index (κ3) is 4.90. The minimum absolute atomic E-state index is 0.0266. The van der Waals surface area contributed by atoms with Crippen molar-refractivity contribution in [2.24, 2.45) is 0 Å². The zero-order valence-electron chi connectivity index (χ0n) is 11.4. The van der Waals surface area contributed by atoms with E-state index < -0.39 is 0 Å². The SMILES string of the molecule is CCOC(=O)CN(CC)C(=O)CC1=CCCCC1. The van der Waals surface area contributed by atoms with E-state index in [-0.39, 0.29) is 18.4 Å². The lowest BCUT2D eigenvalue weighted by atomic mass is 9.97. The highest BCUT2D eigenvalue weighted by Crippen LogP contribution is 2.20. The van der Waals surface area contributed by atoms with Gasteiger partial charge in [-0.25, -0.2) is 0 Å². The molecule has 0 atom stereocenters. The van der Waals surface area contributed by atoms with E-state index in [1.54, 1.807) is 11.8 Å². The molecule has 4 nitrogen and oxygen atoms in total. The minimum atomic E-state index is -0.328. The minimum Gasteiger partial charge on any atom is -0.465 e. The molecule has 0 bridgehead atoms. The van der Waals surface area contributed by atoms with Crippen molar-refractivity contribution in [2.45, 2.75) is 46.0 Å². The maximum Gasteiger partial charge on any atom is 0.325 e. The van der Waals surface area contributed by atoms with Crippen LogP contribution in [0.15, 0.2) is 11.6 Å². The van der Waals surface area contributed by atoms with Crippen LogP contribution in [0.5, 0.6) is 0 Å². The van der Waals surface area contributed by atoms with Crippen molar-refractivity contribution >= 4 is 11.9 Å². The van der Waals surface area contributed by atoms with Crippen LogP contribution in [0, 0.1) is 0 Å². The van der Waals surface area contributed by atoms with E-state index in [0.29, 0.717) is 19.6 Å². The fourth-order valence-corrected chi connectivity index (χ4v) is 2.11. The Kier molecular flexibility index (Phi) is 6.47. The largest absolute Gasteiger partial charge is 0.465 e. The van der Waals surface area contributed by atoms with Crippen LogP contribution in [0.4, 0.5) is 0 Å². The Balaban J connectivity index is 2.45. The molecule has 0 aromatic rings. The molecular formula is C14H23NO3. The zero-order valence-corrected chi connectivity index (χ0v) is 11.4. The van der Waals surface area contributed by atoms with Gasteiger partial charge in [0.1, 0.15) is 6.54 Å². The normalized spacial score (nSPS) is 14.9. The number of nitrogens with zero attached hydrogens (tertiary/aromatic N) is 1. The van der Waals surface area contributed by atoms with Gasteiger partial charge in [0.25, 0.3) is 0 Å². The first-order valence-electron chi connectivity index (χ1n) is 6.78. The lowest BCUT2D eigenvalue weighted by Gasteiger charge is -2.21. The molecule has 1 aliphatic carbocycles. The highest BCUT2D eigenvalue weighted by molar-refractivity contribution is 5.83. The van der Waals surface area contributed by atoms with E-state index in [1.165, 1.54) is 18.4 Å². The van der Waals surface area contributed by atoms with Crippen molar-refractivity contribution in [3.63, 3.8) is 0 Å². The van der Waals surface area contributed by atoms with E-state index in [0.717, 1.165) is 12.8 Å². The Morgan fingerprint density at radius 2 is 2.11 bits per heavy atom. The highest BCUT2D eigenvalue weighted by Gasteiger charge is 2.18. The van der Waals surface area contributed by atoms with Crippen molar-refractivity contribution in [1.82, 2.24) is 4.90 Å². The molecule has 0 aliphatic heterocycles. The molecule has 18 heavy (non-hydrogen) atoms. The summed E-state index contributed by atoms with van der Waals surface area (Å²) in [6.07, 6.45) is 7.10. The van der Waals surface area contributed by atoms with Crippen molar-refractivity contribution < 1.29 is 14.3 Å². The number of hydrogen-bond acceptors (Lipinski definition) is 3. The molecule has 1 rings (SSSR count). The first-order chi connectivity index (χ1) is 8.67. The molecule has 0 heterocycles. The number of esters is 1. The van der Waals surface area contributed by atoms with Crippen LogP contribution in [0.1, 0.15) is 46.0 Å². The summed E-state index contributed by atoms with van der Waals surface area (Å²) >= 11 is 0. The first kappa shape index (κ1) is 14.7. The maximum absolute atomic E-state index is 12.1. The molecule has 0 aromatic carbocycles. The second-order valence-electron chi connectivity index (χ2n) is 4.50. The average Bonchev–Trinajstić information content (AvgIpc) is 2.37. The van der Waals surface area contributed by atoms with Gasteiger partial charge < -0.3 is 9.64 Å². The summed E-state index contributed by atoms with van der Waals surface area (Å²) in [6, 6.07) is 0. The summed E-state index contributed by atoms with van der Waals surface area (Å²) in [4.78, 5) is 25.0. The predicted molar refractivity (Wildman–Crippen MR) is 70.1 cm³/mol. The summed E-state index contributed by atoms with van der Waals surface area (Å²) in [5.74, 6) is -0.302. The lowest BCUT2D eigenvalue weighted by Crippen LogP contribution is -2.36. The quantitative estimate of drug-likeness (QED) is 0.539. The molecule has 0 fully saturated rings. The number of allylic oxidation sites excluding steroid dienone is 1. The van der Waals surface area contributed by atoms with E-state index in [2.05, 4.69) is 6.08 Å². The van der Waals surface area contributed by atoms with Gasteiger partial charge in [0, 0.05) is 13.0 Å². The molecule has 1 amide bonds. The summed E-state index contributed by atoms with van der Waals surface area (Å²) < 4.78 is 4.87. The molecule has 0 radical (unpaired) electrons. The first-order valence-corrected chi connectivity index (χ1v) is 6.78. The number of amides is 1. The standard InChI is InChI=1S/C14H23NO3/c1-3-15(11-14(17)18-4-2)13(16)10-12-8-6-5-7-9-12/h8H,3-7,9-11H2,1-2H3. The van der Waals surface area contributed by atoms with Crippen LogP contribution in [0.3, 0.4) is 0 Å². The number of hydrogen-bond donors (Lipinski definition) is 0. The van der Waals surface area contributed by atoms with Crippen molar-refractivity contribution in [3.05, 3.63) is 11.6 Å². The number of carbonyl (C=O) groups excluding carboxylic acids is 2. The van der Waals surface area contributed by atoms with Crippen LogP contribution in [-0.4, -0.2) is 36.5 Å². The molecule has 4 heteroatoms. The summed E-state index contributed by atoms with van der Waals surface area (Å²) in [7, 11) is 0. The Labute approximate surface area is 109 Å². The van der Waals surface area contributed by atoms with Gasteiger partial charge in [-0.1, -0.05) is 11.6 Å². The number of carbonyl (C=O) groups is 2. The van der Waals surface area contributed by atoms with Gasteiger partial charge in [-0.15, -0.1) is 0 Å². The molecule has 0 spiro atoms. The van der Waals surface area contributed by atoms with Gasteiger partial charge in [0.05, 0.1) is 6.61 Å². The van der Waals surface area contributed by atoms with E-state index in [9.17, 15) is 9.59 Å². The zero-order chi connectivity index (χ0) is 13.4. The van der Waals surface area contributed by atoms with Crippen LogP contribution < -0.4 is 0 Å². The number of rotatable bonds is 6. The van der Waals surface area contributed by atoms with Gasteiger partial charge in [-0.2, -0.15) is 0 Å². The van der Waals surface area contributed by atoms with Crippen molar-refractivity contribution in [1.29, 1.82) is 0 Å². The monoisotopic (exact) mass is 253 g/mol. The summed E-state index contributed by atoms with van der Waals surface area (Å²) in [6.45, 7) is 4.62. The van der Waals surface area contributed by atoms with Gasteiger partial charge in [0.2, 0.25) is 5.91 Å². The van der Waals surface area contributed by atoms with E-state index in [1.807, 2.05) is 6.92 Å². The second-order valence-corrected chi connectivity index (χ2v) is 4.50. The molecule has 1 aliphatic rings. The van der Waals surface area contributed by atoms with Gasteiger partial charge in [-0.3, -0.25) is 9.59 Å². The fourth-order valence-electron chi connectivity index (χ4n) is 2.11. The van der Waals surface area contributed by atoms with Crippen LogP contribution in [-0.2, 0) is 14.3 Å². The summed E-state index contributed by atoms with van der Waals surface area (Å²) in [5, 5.41) is 0. The second kappa shape index (κ2) is 7.90. The smallest absolute Gasteiger partial charge is 0.325 e. The van der Waals surface area contributed by atoms with E-state index in [4.69, 9.17) is 4.74 Å². The predicted octanol–water partition coefficient (Wildman–Crippen LogP) is 2.29. The highest BCUT2D eigenvalue weighted by atomic mass is 16.5. The van der Waals surface area contributed by atoms with Gasteiger partial charge in [-0.05, 0) is 39.5 Å². The lowest BCUT2D eigenvalue weighted by molar-refractivity contribution is -0.148. The third-order valence-electron chi connectivity index (χ3n) is 3.12. The van der Waals surface area contributed by atoms with E-state index >= 15 is 0 Å². The summed E-state index contributed by atoms with van der Waals surface area (Å²) in [5.41, 5.74) is 1.22. The average molecular weight is 253 g/mol.